The summed E-state index contributed by atoms with van der Waals surface area (Å²) in [6, 6.07) is 5.29. The van der Waals surface area contributed by atoms with Gasteiger partial charge in [-0.2, -0.15) is 4.99 Å². The second-order valence-corrected chi connectivity index (χ2v) is 2.92. The number of aliphatic imine (C=N–C) groups is 2. The fraction of sp³-hybridized carbons (Fsp3) is 0.273. The van der Waals surface area contributed by atoms with Crippen LogP contribution in [0.4, 0.5) is 5.69 Å². The van der Waals surface area contributed by atoms with Crippen molar-refractivity contribution in [1.29, 1.82) is 0 Å². The van der Waals surface area contributed by atoms with Crippen molar-refractivity contribution in [2.75, 3.05) is 0 Å². The van der Waals surface area contributed by atoms with E-state index in [-0.39, 0.29) is 0 Å². The Labute approximate surface area is 87.4 Å². The Morgan fingerprint density at radius 2 is 2.00 bits per heavy atom. The van der Waals surface area contributed by atoms with Gasteiger partial charge in [-0.05, 0) is 29.7 Å². The van der Waals surface area contributed by atoms with Gasteiger partial charge in [0, 0.05) is 0 Å². The summed E-state index contributed by atoms with van der Waals surface area (Å²) in [5.74, 6) is 0. The number of benzene rings is 1. The normalized spacial score (nSPS) is 8.87. The molecule has 0 heterocycles. The van der Waals surface area contributed by atoms with Crippen molar-refractivity contribution in [3.05, 3.63) is 29.3 Å². The lowest BCUT2D eigenvalue weighted by Crippen LogP contribution is -1.90. The third-order valence-corrected chi connectivity index (χ3v) is 2.06. The lowest BCUT2D eigenvalue weighted by Gasteiger charge is -2.04. The predicted octanol–water partition coefficient (Wildman–Crippen LogP) is 2.05. The van der Waals surface area contributed by atoms with Crippen molar-refractivity contribution in [2.45, 2.75) is 19.9 Å². The zero-order chi connectivity index (χ0) is 11.1. The molecule has 0 fully saturated rings. The van der Waals surface area contributed by atoms with Crippen LogP contribution in [0.1, 0.15) is 18.1 Å². The van der Waals surface area contributed by atoms with Gasteiger partial charge in [0.15, 0.2) is 0 Å². The number of nitrogens with zero attached hydrogens (tertiary/aromatic N) is 2. The van der Waals surface area contributed by atoms with Gasteiger partial charge >= 0.3 is 0 Å². The van der Waals surface area contributed by atoms with Gasteiger partial charge in [-0.3, -0.25) is 0 Å². The first-order valence-electron chi connectivity index (χ1n) is 4.55. The molecule has 0 aliphatic carbocycles. The highest BCUT2D eigenvalue weighted by Crippen LogP contribution is 2.19. The average Bonchev–Trinajstić information content (AvgIpc) is 2.27. The monoisotopic (exact) mass is 202 g/mol. The minimum atomic E-state index is 0.317. The fourth-order valence-corrected chi connectivity index (χ4v) is 1.34. The van der Waals surface area contributed by atoms with Gasteiger partial charge < -0.3 is 0 Å². The summed E-state index contributed by atoms with van der Waals surface area (Å²) in [6.45, 7) is 2.30. The van der Waals surface area contributed by atoms with Crippen LogP contribution in [0.5, 0.6) is 0 Å². The molecule has 0 amide bonds. The zero-order valence-corrected chi connectivity index (χ0v) is 8.36. The van der Waals surface area contributed by atoms with Gasteiger partial charge in [-0.1, -0.05) is 13.0 Å². The van der Waals surface area contributed by atoms with Gasteiger partial charge in [0.25, 0.3) is 0 Å². The van der Waals surface area contributed by atoms with E-state index in [1.165, 1.54) is 12.2 Å². The first kappa shape index (κ1) is 11.1. The van der Waals surface area contributed by atoms with Crippen molar-refractivity contribution in [2.24, 2.45) is 9.98 Å². The highest BCUT2D eigenvalue weighted by atomic mass is 16.1. The molecule has 0 atom stereocenters. The largest absolute Gasteiger partial charge is 0.240 e. The maximum absolute atomic E-state index is 10.1. The van der Waals surface area contributed by atoms with Crippen LogP contribution in [0.2, 0.25) is 0 Å². The maximum Gasteiger partial charge on any atom is 0.240 e. The molecule has 0 N–H and O–H groups in total. The van der Waals surface area contributed by atoms with Crippen LogP contribution in [-0.2, 0) is 22.6 Å². The van der Waals surface area contributed by atoms with Crippen LogP contribution in [0.15, 0.2) is 28.2 Å². The SMILES string of the molecule is CCc1cc(N=C=O)ccc1CN=C=O. The van der Waals surface area contributed by atoms with E-state index in [0.29, 0.717) is 12.2 Å². The third kappa shape index (κ3) is 2.99. The van der Waals surface area contributed by atoms with Gasteiger partial charge in [0.1, 0.15) is 0 Å². The van der Waals surface area contributed by atoms with E-state index in [4.69, 9.17) is 0 Å². The Hall–Kier alpha value is -2.02. The highest BCUT2D eigenvalue weighted by molar-refractivity contribution is 5.51. The second kappa shape index (κ2) is 5.66. The Morgan fingerprint density at radius 1 is 1.20 bits per heavy atom. The Balaban J connectivity index is 3.07. The quantitative estimate of drug-likeness (QED) is 0.554. The summed E-state index contributed by atoms with van der Waals surface area (Å²) in [4.78, 5) is 27.1. The number of hydrogen-bond donors (Lipinski definition) is 0. The molecule has 4 nitrogen and oxygen atoms in total. The van der Waals surface area contributed by atoms with Gasteiger partial charge in [0.05, 0.1) is 12.2 Å². The molecule has 0 saturated carbocycles. The lowest BCUT2D eigenvalue weighted by atomic mass is 10.0. The van der Waals surface area contributed by atoms with Crippen molar-refractivity contribution in [1.82, 2.24) is 0 Å². The third-order valence-electron chi connectivity index (χ3n) is 2.06. The van der Waals surface area contributed by atoms with Gasteiger partial charge in [-0.15, -0.1) is 0 Å². The zero-order valence-electron chi connectivity index (χ0n) is 8.36. The smallest absolute Gasteiger partial charge is 0.211 e. The number of rotatable bonds is 4. The summed E-state index contributed by atoms with van der Waals surface area (Å²) in [5.41, 5.74) is 2.54. The van der Waals surface area contributed by atoms with Crippen LogP contribution < -0.4 is 0 Å². The molecule has 15 heavy (non-hydrogen) atoms. The van der Waals surface area contributed by atoms with E-state index in [9.17, 15) is 9.59 Å². The number of hydrogen-bond acceptors (Lipinski definition) is 4. The molecule has 4 heteroatoms. The van der Waals surface area contributed by atoms with Crippen molar-refractivity contribution >= 4 is 17.8 Å². The molecule has 0 spiro atoms. The number of aryl methyl sites for hydroxylation is 1. The van der Waals surface area contributed by atoms with E-state index in [1.54, 1.807) is 18.2 Å². The van der Waals surface area contributed by atoms with Crippen molar-refractivity contribution in [3.63, 3.8) is 0 Å². The van der Waals surface area contributed by atoms with Gasteiger partial charge in [-0.25, -0.2) is 14.6 Å². The average molecular weight is 202 g/mol. The Kier molecular flexibility index (Phi) is 4.17. The highest BCUT2D eigenvalue weighted by Gasteiger charge is 2.01. The van der Waals surface area contributed by atoms with E-state index in [0.717, 1.165) is 17.5 Å². The first-order valence-corrected chi connectivity index (χ1v) is 4.55. The molecule has 76 valence electrons. The standard InChI is InChI=1S/C11H10N2O2/c1-2-9-5-11(13-8-15)4-3-10(9)6-12-7-14/h3-5H,2,6H2,1H3. The molecule has 0 aromatic heterocycles. The van der Waals surface area contributed by atoms with Crippen LogP contribution in [0.3, 0.4) is 0 Å². The summed E-state index contributed by atoms with van der Waals surface area (Å²) < 4.78 is 0. The molecule has 0 unspecified atom stereocenters. The van der Waals surface area contributed by atoms with Crippen molar-refractivity contribution < 1.29 is 9.59 Å². The first-order chi connectivity index (χ1) is 7.31. The summed E-state index contributed by atoms with van der Waals surface area (Å²) in [6.07, 6.45) is 3.78. The molecule has 0 bridgehead atoms. The minimum Gasteiger partial charge on any atom is -0.211 e. The molecule has 1 aromatic rings. The topological polar surface area (TPSA) is 58.9 Å². The minimum absolute atomic E-state index is 0.317. The maximum atomic E-state index is 10.1. The number of isocyanates is 2. The van der Waals surface area contributed by atoms with E-state index in [1.807, 2.05) is 6.92 Å². The molecule has 0 saturated heterocycles. The van der Waals surface area contributed by atoms with Crippen LogP contribution in [0.25, 0.3) is 0 Å². The molecular weight excluding hydrogens is 192 g/mol. The summed E-state index contributed by atoms with van der Waals surface area (Å²) in [7, 11) is 0. The van der Waals surface area contributed by atoms with Crippen LogP contribution >= 0.6 is 0 Å². The van der Waals surface area contributed by atoms with Gasteiger partial charge in [0.2, 0.25) is 12.2 Å². The Bertz CT molecular complexity index is 442. The molecular formula is C11H10N2O2. The predicted molar refractivity (Wildman–Crippen MR) is 55.4 cm³/mol. The summed E-state index contributed by atoms with van der Waals surface area (Å²) in [5, 5.41) is 0. The molecule has 1 aromatic carbocycles. The Morgan fingerprint density at radius 3 is 2.60 bits per heavy atom. The van der Waals surface area contributed by atoms with E-state index < -0.39 is 0 Å². The van der Waals surface area contributed by atoms with Crippen molar-refractivity contribution in [3.8, 4) is 0 Å². The fourth-order valence-electron chi connectivity index (χ4n) is 1.34. The molecule has 0 radical (unpaired) electrons. The van der Waals surface area contributed by atoms with Crippen LogP contribution in [-0.4, -0.2) is 12.2 Å². The number of carbonyl (C=O) groups excluding carboxylic acids is 2. The second-order valence-electron chi connectivity index (χ2n) is 2.92. The van der Waals surface area contributed by atoms with E-state index >= 15 is 0 Å². The molecule has 0 aliphatic heterocycles. The molecule has 0 aliphatic rings. The van der Waals surface area contributed by atoms with Crippen LogP contribution in [0, 0.1) is 0 Å². The molecule has 1 rings (SSSR count). The summed E-state index contributed by atoms with van der Waals surface area (Å²) >= 11 is 0. The lowest BCUT2D eigenvalue weighted by molar-refractivity contribution is 0.562. The van der Waals surface area contributed by atoms with E-state index in [2.05, 4.69) is 9.98 Å².